The van der Waals surface area contributed by atoms with Gasteiger partial charge in [-0.1, -0.05) is 262 Å². The van der Waals surface area contributed by atoms with E-state index in [1.807, 2.05) is 51.1 Å². The van der Waals surface area contributed by atoms with Gasteiger partial charge in [0.1, 0.15) is 5.92 Å². The minimum Gasteiger partial charge on any atom is -0.355 e. The number of H-pyrrole nitrogens is 1. The molecule has 0 radical (unpaired) electrons. The third-order valence-corrected chi connectivity index (χ3v) is 11.7. The average molecular weight is 1060 g/mol. The number of carbonyl (C=O) groups excluding carboxylic acids is 3. The molecule has 1 saturated heterocycles. The van der Waals surface area contributed by atoms with E-state index in [4.69, 9.17) is 0 Å². The lowest BCUT2D eigenvalue weighted by molar-refractivity contribution is -0.140. The molecule has 8 nitrogen and oxygen atoms in total. The third kappa shape index (κ3) is 20.6. The Kier molecular flexibility index (Phi) is 21.5. The Balaban J connectivity index is 0.000000269. The van der Waals surface area contributed by atoms with Gasteiger partial charge in [-0.25, -0.2) is 4.79 Å². The normalized spacial score (nSPS) is 13.9. The van der Waals surface area contributed by atoms with Gasteiger partial charge in [-0.15, -0.1) is 0 Å². The predicted octanol–water partition coefficient (Wildman–Crippen LogP) is 18.9. The summed E-state index contributed by atoms with van der Waals surface area (Å²) in [4.78, 5) is 37.2. The predicted molar refractivity (Wildman–Crippen MR) is 338 cm³/mol. The second-order valence-electron chi connectivity index (χ2n) is 30.3. The molecule has 78 heavy (non-hydrogen) atoms. The summed E-state index contributed by atoms with van der Waals surface area (Å²) in [5.74, 6) is -1.85. The number of amides is 4. The molecule has 1 aliphatic heterocycles. The molecular weight excluding hydrogens is 959 g/mol. The Labute approximate surface area is 471 Å². The number of nitrogens with one attached hydrogen (secondary N) is 3. The topological polar surface area (TPSA) is 116 Å². The van der Waals surface area contributed by atoms with Crippen LogP contribution in [-0.4, -0.2) is 28.4 Å². The lowest BCUT2D eigenvalue weighted by atomic mass is 9.71. The lowest BCUT2D eigenvalue weighted by Gasteiger charge is -2.34. The van der Waals surface area contributed by atoms with Crippen molar-refractivity contribution in [2.75, 3.05) is 0 Å². The highest BCUT2D eigenvalue weighted by molar-refractivity contribution is 6.23. The Bertz CT molecular complexity index is 2980. The van der Waals surface area contributed by atoms with Crippen LogP contribution in [0.5, 0.6) is 0 Å². The maximum atomic E-state index is 11.3. The molecule has 1 fully saturated rings. The van der Waals surface area contributed by atoms with Gasteiger partial charge < -0.3 is 4.98 Å². The number of benzene rings is 6. The molecule has 6 aromatic carbocycles. The first kappa shape index (κ1) is 66.1. The van der Waals surface area contributed by atoms with Gasteiger partial charge in [-0.05, 0) is 114 Å². The van der Waals surface area contributed by atoms with Crippen molar-refractivity contribution in [1.29, 1.82) is 0 Å². The van der Waals surface area contributed by atoms with Crippen LogP contribution in [0.2, 0.25) is 0 Å². The van der Waals surface area contributed by atoms with Gasteiger partial charge in [0.05, 0.1) is 11.2 Å². The van der Waals surface area contributed by atoms with Gasteiger partial charge in [0.15, 0.2) is 0 Å². The number of imide groups is 2. The van der Waals surface area contributed by atoms with Crippen molar-refractivity contribution in [3.05, 3.63) is 126 Å². The van der Waals surface area contributed by atoms with Crippen LogP contribution in [0.15, 0.2) is 125 Å². The van der Waals surface area contributed by atoms with Crippen molar-refractivity contribution >= 4 is 77.8 Å². The van der Waals surface area contributed by atoms with E-state index < -0.39 is 29.2 Å². The average Bonchev–Trinajstić information content (AvgIpc) is 3.58. The number of azo groups is 1. The van der Waals surface area contributed by atoms with E-state index in [1.54, 1.807) is 20.8 Å². The van der Waals surface area contributed by atoms with Crippen molar-refractivity contribution in [3.8, 4) is 0 Å². The number of hydrogen-bond donors (Lipinski definition) is 3. The summed E-state index contributed by atoms with van der Waals surface area (Å²) >= 11 is 0. The standard InChI is InChI=1S/C26H41N.C16H10.C10H14N2.C8H12N2O3.2C5H12/c1-23(2,3)21(24(4,5)6)19-17-15-13-14-16-18(17)20(27-19)22(25(7,8)9)26(10,11)12;1-3-11-7-9-13-5-2-6-14-10-8-12(4-1)15(11)16(13)14;1-10(2,3)12-11-9-7-5-4-6-8-9;1-8(2,3)4-5(11)9-7(13)10-6(4)12;2*1-5(2,3)4/h13-16,27H,1-12H3;1-10H;4-8H,1-3H3;4H,1-3H3,(H2,9,10,11,12,13);2*1-4H3. The van der Waals surface area contributed by atoms with Gasteiger partial charge in [0.2, 0.25) is 11.8 Å². The molecule has 0 atom stereocenters. The molecule has 2 heterocycles. The first-order valence-corrected chi connectivity index (χ1v) is 27.9. The van der Waals surface area contributed by atoms with Gasteiger partial charge in [-0.3, -0.25) is 20.2 Å². The number of hydrogen-bond acceptors (Lipinski definition) is 5. The van der Waals surface area contributed by atoms with Crippen molar-refractivity contribution in [2.24, 2.45) is 54.1 Å². The van der Waals surface area contributed by atoms with Crippen LogP contribution in [0.3, 0.4) is 0 Å². The van der Waals surface area contributed by atoms with E-state index in [1.165, 1.54) is 64.9 Å². The second kappa shape index (κ2) is 25.3. The molecule has 8 heteroatoms. The van der Waals surface area contributed by atoms with Crippen LogP contribution < -0.4 is 21.3 Å². The maximum absolute atomic E-state index is 11.3. The molecule has 0 saturated carbocycles. The highest BCUT2D eigenvalue weighted by atomic mass is 16.2. The monoisotopic (exact) mass is 1060 g/mol. The Morgan fingerprint density at radius 2 is 0.679 bits per heavy atom. The van der Waals surface area contributed by atoms with Crippen LogP contribution in [0.1, 0.15) is 180 Å². The highest BCUT2D eigenvalue weighted by Crippen LogP contribution is 2.42. The van der Waals surface area contributed by atoms with Crippen LogP contribution in [-0.2, 0) is 9.59 Å². The van der Waals surface area contributed by atoms with E-state index in [0.29, 0.717) is 10.8 Å². The number of carbonyl (C=O) groups is 3. The van der Waals surface area contributed by atoms with Gasteiger partial charge >= 0.3 is 6.03 Å². The van der Waals surface area contributed by atoms with Crippen molar-refractivity contribution in [2.45, 2.75) is 186 Å². The fraction of sp³-hybridized carbons (Fsp3) is 0.500. The first-order chi connectivity index (χ1) is 35.3. The highest BCUT2D eigenvalue weighted by Gasteiger charge is 2.42. The number of fused-ring (bicyclic) bond motifs is 1. The number of barbiturate groups is 1. The molecule has 1 aromatic heterocycles. The quantitative estimate of drug-likeness (QED) is 0.0864. The fourth-order valence-electron chi connectivity index (χ4n) is 10.0. The van der Waals surface area contributed by atoms with Crippen molar-refractivity contribution in [3.63, 3.8) is 0 Å². The molecule has 0 aliphatic carbocycles. The van der Waals surface area contributed by atoms with Crippen LogP contribution in [0.4, 0.5) is 10.5 Å². The van der Waals surface area contributed by atoms with Crippen LogP contribution >= 0.6 is 0 Å². The summed E-state index contributed by atoms with van der Waals surface area (Å²) in [6.45, 7) is 56.9. The molecular formula is C70H101N5O3. The van der Waals surface area contributed by atoms with E-state index in [-0.39, 0.29) is 27.2 Å². The molecule has 0 unspecified atom stereocenters. The molecule has 1 aliphatic rings. The van der Waals surface area contributed by atoms with Crippen LogP contribution in [0.25, 0.3) is 54.2 Å². The van der Waals surface area contributed by atoms with E-state index in [0.717, 1.165) is 5.69 Å². The molecule has 3 N–H and O–H groups in total. The van der Waals surface area contributed by atoms with Crippen molar-refractivity contribution < 1.29 is 14.4 Å². The molecule has 0 spiro atoms. The van der Waals surface area contributed by atoms with Crippen LogP contribution in [0, 0.1) is 43.8 Å². The number of urea groups is 1. The Morgan fingerprint density at radius 3 is 0.949 bits per heavy atom. The van der Waals surface area contributed by atoms with Gasteiger partial charge in [0, 0.05) is 21.5 Å². The minimum atomic E-state index is -0.801. The van der Waals surface area contributed by atoms with E-state index in [9.17, 15) is 14.4 Å². The maximum Gasteiger partial charge on any atom is 0.328 e. The van der Waals surface area contributed by atoms with E-state index >= 15 is 0 Å². The molecule has 8 rings (SSSR count). The fourth-order valence-corrected chi connectivity index (χ4v) is 10.0. The number of aromatic nitrogens is 1. The summed E-state index contributed by atoms with van der Waals surface area (Å²) in [6, 6.07) is 39.8. The van der Waals surface area contributed by atoms with Gasteiger partial charge in [0.25, 0.3) is 0 Å². The summed E-state index contributed by atoms with van der Waals surface area (Å²) in [5, 5.41) is 25.8. The molecule has 4 amide bonds. The zero-order valence-electron chi connectivity index (χ0n) is 53.2. The number of rotatable bonds is 1. The molecule has 0 bridgehead atoms. The Morgan fingerprint density at radius 1 is 0.385 bits per heavy atom. The van der Waals surface area contributed by atoms with Gasteiger partial charge in [-0.2, -0.15) is 10.2 Å². The smallest absolute Gasteiger partial charge is 0.328 e. The summed E-state index contributed by atoms with van der Waals surface area (Å²) < 4.78 is 0. The number of aromatic amines is 1. The lowest BCUT2D eigenvalue weighted by Crippen LogP contribution is -2.59. The summed E-state index contributed by atoms with van der Waals surface area (Å²) in [7, 11) is 0. The third-order valence-electron chi connectivity index (χ3n) is 11.7. The SMILES string of the molecule is CC(C)(C)C.CC(C)(C)C.CC(C)(C)C(=c1[nH]c(=C(C(C)(C)C)C(C)(C)C)c2ccccc12)C(C)(C)C.CC(C)(C)C1C(=O)NC(=O)NC1=O.CC(C)(C)N=Nc1ccccc1.c1cc2ccc3cccc4ccc(c1)c2c34. The van der Waals surface area contributed by atoms with Crippen molar-refractivity contribution in [1.82, 2.24) is 15.6 Å². The largest absolute Gasteiger partial charge is 0.355 e. The Hall–Kier alpha value is -6.15. The summed E-state index contributed by atoms with van der Waals surface area (Å²) in [6.07, 6.45) is 0. The molecule has 424 valence electrons. The first-order valence-electron chi connectivity index (χ1n) is 27.9. The zero-order chi connectivity index (χ0) is 59.8. The minimum absolute atomic E-state index is 0.0875. The zero-order valence-corrected chi connectivity index (χ0v) is 53.2. The van der Waals surface area contributed by atoms with E-state index in [2.05, 4.69) is 249 Å². The summed E-state index contributed by atoms with van der Waals surface area (Å²) in [5.41, 5.74) is 4.68. The second-order valence-corrected chi connectivity index (χ2v) is 30.3. The number of nitrogens with zero attached hydrogens (tertiary/aromatic N) is 2. The molecule has 7 aromatic rings.